The molecule has 1 rings (SSSR count). The Hall–Kier alpha value is -1.43. The lowest BCUT2D eigenvalue weighted by Crippen LogP contribution is -2.36. The monoisotopic (exact) mass is 273 g/mol. The summed E-state index contributed by atoms with van der Waals surface area (Å²) >= 11 is 0. The van der Waals surface area contributed by atoms with E-state index in [1.807, 2.05) is 6.92 Å². The van der Waals surface area contributed by atoms with Crippen LogP contribution in [0.2, 0.25) is 0 Å². The zero-order valence-electron chi connectivity index (χ0n) is 10.3. The lowest BCUT2D eigenvalue weighted by Gasteiger charge is -2.11. The minimum Gasteiger partial charge on any atom is -0.353 e. The number of benzene rings is 1. The van der Waals surface area contributed by atoms with E-state index < -0.39 is 32.2 Å². The van der Waals surface area contributed by atoms with Crippen molar-refractivity contribution in [1.29, 1.82) is 0 Å². The molecular weight excluding hydrogens is 257 g/mol. The van der Waals surface area contributed by atoms with Gasteiger partial charge in [0, 0.05) is 6.04 Å². The summed E-state index contributed by atoms with van der Waals surface area (Å²) in [6, 6.07) is 4.92. The van der Waals surface area contributed by atoms with Crippen LogP contribution in [-0.2, 0) is 14.6 Å². The Bertz CT molecular complexity index is 528. The maximum atomic E-state index is 13.4. The molecule has 1 aromatic carbocycles. The van der Waals surface area contributed by atoms with Gasteiger partial charge < -0.3 is 5.32 Å². The van der Waals surface area contributed by atoms with Crippen molar-refractivity contribution < 1.29 is 17.6 Å². The first-order chi connectivity index (χ1) is 8.36. The van der Waals surface area contributed by atoms with Crippen LogP contribution >= 0.6 is 0 Å². The number of carbonyl (C=O) groups excluding carboxylic acids is 1. The summed E-state index contributed by atoms with van der Waals surface area (Å²) in [7, 11) is -3.93. The first-order valence-corrected chi connectivity index (χ1v) is 7.28. The van der Waals surface area contributed by atoms with Gasteiger partial charge in [0.25, 0.3) is 0 Å². The van der Waals surface area contributed by atoms with Crippen LogP contribution in [0, 0.1) is 5.82 Å². The maximum Gasteiger partial charge on any atom is 0.235 e. The second-order valence-electron chi connectivity index (χ2n) is 4.07. The van der Waals surface area contributed by atoms with E-state index in [0.717, 1.165) is 12.1 Å². The molecule has 0 fully saturated rings. The molecule has 6 heteroatoms. The minimum atomic E-state index is -3.93. The van der Waals surface area contributed by atoms with E-state index >= 15 is 0 Å². The lowest BCUT2D eigenvalue weighted by atomic mass is 10.3. The number of halogens is 1. The molecule has 1 atom stereocenters. The van der Waals surface area contributed by atoms with Crippen molar-refractivity contribution in [3.05, 3.63) is 30.1 Å². The van der Waals surface area contributed by atoms with Crippen LogP contribution in [0.4, 0.5) is 4.39 Å². The molecule has 1 aromatic rings. The molecule has 1 unspecified atom stereocenters. The van der Waals surface area contributed by atoms with Crippen molar-refractivity contribution in [2.45, 2.75) is 31.2 Å². The highest BCUT2D eigenvalue weighted by atomic mass is 32.2. The van der Waals surface area contributed by atoms with Gasteiger partial charge in [-0.25, -0.2) is 12.8 Å². The second-order valence-corrected chi connectivity index (χ2v) is 6.02. The summed E-state index contributed by atoms with van der Waals surface area (Å²) in [5.74, 6) is -2.19. The second kappa shape index (κ2) is 5.95. The van der Waals surface area contributed by atoms with E-state index in [1.54, 1.807) is 6.92 Å². The average molecular weight is 273 g/mol. The Labute approximate surface area is 106 Å². The Morgan fingerprint density at radius 2 is 2.00 bits per heavy atom. The van der Waals surface area contributed by atoms with Crippen molar-refractivity contribution in [1.82, 2.24) is 5.32 Å². The summed E-state index contributed by atoms with van der Waals surface area (Å²) in [6.07, 6.45) is 0.700. The van der Waals surface area contributed by atoms with Gasteiger partial charge in [-0.1, -0.05) is 19.1 Å². The first-order valence-electron chi connectivity index (χ1n) is 5.63. The van der Waals surface area contributed by atoms with Crippen LogP contribution in [0.15, 0.2) is 29.2 Å². The van der Waals surface area contributed by atoms with Crippen LogP contribution in [0.1, 0.15) is 20.3 Å². The fourth-order valence-corrected chi connectivity index (χ4v) is 2.60. The summed E-state index contributed by atoms with van der Waals surface area (Å²) in [6.45, 7) is 3.64. The highest BCUT2D eigenvalue weighted by Gasteiger charge is 2.22. The summed E-state index contributed by atoms with van der Waals surface area (Å²) in [4.78, 5) is 11.1. The molecule has 0 spiro atoms. The van der Waals surface area contributed by atoms with Gasteiger partial charge in [0.2, 0.25) is 5.91 Å². The number of hydrogen-bond acceptors (Lipinski definition) is 3. The minimum absolute atomic E-state index is 0.103. The van der Waals surface area contributed by atoms with Crippen molar-refractivity contribution in [3.8, 4) is 0 Å². The quantitative estimate of drug-likeness (QED) is 0.884. The first kappa shape index (κ1) is 14.6. The predicted octanol–water partition coefficient (Wildman–Crippen LogP) is 1.51. The van der Waals surface area contributed by atoms with Crippen LogP contribution in [-0.4, -0.2) is 26.1 Å². The molecule has 0 heterocycles. The Balaban J connectivity index is 2.84. The molecule has 0 saturated carbocycles. The third-order valence-electron chi connectivity index (χ3n) is 2.51. The van der Waals surface area contributed by atoms with Crippen LogP contribution in [0.25, 0.3) is 0 Å². The summed E-state index contributed by atoms with van der Waals surface area (Å²) in [5.41, 5.74) is 0. The van der Waals surface area contributed by atoms with E-state index in [2.05, 4.69) is 5.32 Å². The van der Waals surface area contributed by atoms with Gasteiger partial charge in [0.15, 0.2) is 9.84 Å². The van der Waals surface area contributed by atoms with Gasteiger partial charge in [-0.3, -0.25) is 4.79 Å². The van der Waals surface area contributed by atoms with E-state index in [4.69, 9.17) is 0 Å². The van der Waals surface area contributed by atoms with Gasteiger partial charge in [-0.2, -0.15) is 0 Å². The SMILES string of the molecule is CCC(C)NC(=O)CS(=O)(=O)c1ccccc1F. The number of carbonyl (C=O) groups is 1. The highest BCUT2D eigenvalue weighted by Crippen LogP contribution is 2.15. The smallest absolute Gasteiger partial charge is 0.235 e. The number of rotatable bonds is 5. The van der Waals surface area contributed by atoms with Crippen LogP contribution in [0.5, 0.6) is 0 Å². The van der Waals surface area contributed by atoms with Crippen molar-refractivity contribution in [3.63, 3.8) is 0 Å². The number of nitrogens with one attached hydrogen (secondary N) is 1. The molecule has 0 aliphatic heterocycles. The Morgan fingerprint density at radius 1 is 1.39 bits per heavy atom. The third-order valence-corrected chi connectivity index (χ3v) is 4.16. The standard InChI is InChI=1S/C12H16FNO3S/c1-3-9(2)14-12(15)8-18(16,17)11-7-5-4-6-10(11)13/h4-7,9H,3,8H2,1-2H3,(H,14,15). The fraction of sp³-hybridized carbons (Fsp3) is 0.417. The molecule has 4 nitrogen and oxygen atoms in total. The highest BCUT2D eigenvalue weighted by molar-refractivity contribution is 7.92. The van der Waals surface area contributed by atoms with E-state index in [0.29, 0.717) is 6.42 Å². The molecule has 0 radical (unpaired) electrons. The summed E-state index contributed by atoms with van der Waals surface area (Å²) in [5, 5.41) is 2.53. The molecule has 0 aliphatic rings. The Morgan fingerprint density at radius 3 is 2.56 bits per heavy atom. The third kappa shape index (κ3) is 3.80. The van der Waals surface area contributed by atoms with E-state index in [9.17, 15) is 17.6 Å². The predicted molar refractivity (Wildman–Crippen MR) is 66.3 cm³/mol. The normalized spacial score (nSPS) is 13.1. The van der Waals surface area contributed by atoms with Gasteiger partial charge in [0.05, 0.1) is 0 Å². The molecule has 1 amide bonds. The maximum absolute atomic E-state index is 13.4. The molecule has 0 bridgehead atoms. The number of amides is 1. The summed E-state index contributed by atoms with van der Waals surface area (Å²) < 4.78 is 37.0. The zero-order valence-corrected chi connectivity index (χ0v) is 11.1. The van der Waals surface area contributed by atoms with Crippen LogP contribution in [0.3, 0.4) is 0 Å². The Kier molecular flexibility index (Phi) is 4.84. The molecule has 0 saturated heterocycles. The molecule has 1 N–H and O–H groups in total. The molecule has 0 aromatic heterocycles. The number of hydrogen-bond donors (Lipinski definition) is 1. The van der Waals surface area contributed by atoms with Gasteiger partial charge in [0.1, 0.15) is 16.5 Å². The van der Waals surface area contributed by atoms with Crippen molar-refractivity contribution in [2.24, 2.45) is 0 Å². The number of sulfone groups is 1. The molecule has 0 aliphatic carbocycles. The molecule has 18 heavy (non-hydrogen) atoms. The van der Waals surface area contributed by atoms with Crippen molar-refractivity contribution >= 4 is 15.7 Å². The largest absolute Gasteiger partial charge is 0.353 e. The van der Waals surface area contributed by atoms with E-state index in [-0.39, 0.29) is 6.04 Å². The van der Waals surface area contributed by atoms with Gasteiger partial charge in [-0.05, 0) is 25.5 Å². The van der Waals surface area contributed by atoms with Gasteiger partial charge >= 0.3 is 0 Å². The zero-order chi connectivity index (χ0) is 13.8. The topological polar surface area (TPSA) is 63.2 Å². The van der Waals surface area contributed by atoms with Crippen LogP contribution < -0.4 is 5.32 Å². The lowest BCUT2D eigenvalue weighted by molar-refractivity contribution is -0.119. The fourth-order valence-electron chi connectivity index (χ4n) is 1.37. The van der Waals surface area contributed by atoms with E-state index in [1.165, 1.54) is 12.1 Å². The average Bonchev–Trinajstić information content (AvgIpc) is 2.28. The van der Waals surface area contributed by atoms with Crippen molar-refractivity contribution in [2.75, 3.05) is 5.75 Å². The molecule has 100 valence electrons. The van der Waals surface area contributed by atoms with Gasteiger partial charge in [-0.15, -0.1) is 0 Å². The molecular formula is C12H16FNO3S.